The fourth-order valence-corrected chi connectivity index (χ4v) is 2.71. The maximum atomic E-state index is 11.4. The predicted molar refractivity (Wildman–Crippen MR) is 65.6 cm³/mol. The number of likely N-dealkylation sites (tertiary alicyclic amines) is 1. The second-order valence-corrected chi connectivity index (χ2v) is 5.09. The van der Waals surface area contributed by atoms with Crippen LogP contribution in [0.15, 0.2) is 18.2 Å². The molecular weight excluding hydrogens is 238 g/mol. The standard InChI is InChI=1S/C12H13NO3S/c14-11-2-1-7-13(11)8-10-4-3-9(17-10)5-6-12(15)16/h3-6H,1-2,7-8H2,(H,15,16). The highest BCUT2D eigenvalue weighted by molar-refractivity contribution is 7.12. The first-order valence-electron chi connectivity index (χ1n) is 5.42. The number of hydrogen-bond acceptors (Lipinski definition) is 3. The van der Waals surface area contributed by atoms with Crippen LogP contribution < -0.4 is 0 Å². The maximum Gasteiger partial charge on any atom is 0.328 e. The molecule has 1 aromatic heterocycles. The van der Waals surface area contributed by atoms with Crippen molar-refractivity contribution >= 4 is 29.3 Å². The van der Waals surface area contributed by atoms with Gasteiger partial charge < -0.3 is 10.0 Å². The van der Waals surface area contributed by atoms with E-state index < -0.39 is 5.97 Å². The van der Waals surface area contributed by atoms with Crippen LogP contribution >= 0.6 is 11.3 Å². The van der Waals surface area contributed by atoms with E-state index in [0.29, 0.717) is 13.0 Å². The van der Waals surface area contributed by atoms with Gasteiger partial charge in [-0.1, -0.05) is 0 Å². The number of hydrogen-bond donors (Lipinski definition) is 1. The van der Waals surface area contributed by atoms with Crippen molar-refractivity contribution in [2.45, 2.75) is 19.4 Å². The second kappa shape index (κ2) is 5.14. The van der Waals surface area contributed by atoms with E-state index in [4.69, 9.17) is 5.11 Å². The summed E-state index contributed by atoms with van der Waals surface area (Å²) in [6, 6.07) is 3.82. The van der Waals surface area contributed by atoms with Gasteiger partial charge in [-0.2, -0.15) is 0 Å². The van der Waals surface area contributed by atoms with Crippen molar-refractivity contribution in [3.63, 3.8) is 0 Å². The van der Waals surface area contributed by atoms with E-state index in [1.54, 1.807) is 6.08 Å². The molecule has 1 N–H and O–H groups in total. The zero-order valence-electron chi connectivity index (χ0n) is 9.26. The summed E-state index contributed by atoms with van der Waals surface area (Å²) in [5.74, 6) is -0.740. The van der Waals surface area contributed by atoms with Gasteiger partial charge in [-0.05, 0) is 24.6 Å². The summed E-state index contributed by atoms with van der Waals surface area (Å²) in [4.78, 5) is 25.6. The van der Waals surface area contributed by atoms with E-state index in [0.717, 1.165) is 28.8 Å². The van der Waals surface area contributed by atoms with Gasteiger partial charge in [-0.3, -0.25) is 4.79 Å². The molecule has 5 heteroatoms. The lowest BCUT2D eigenvalue weighted by atomic mass is 10.4. The highest BCUT2D eigenvalue weighted by Gasteiger charge is 2.20. The summed E-state index contributed by atoms with van der Waals surface area (Å²) in [6.07, 6.45) is 4.28. The van der Waals surface area contributed by atoms with E-state index in [-0.39, 0.29) is 5.91 Å². The average Bonchev–Trinajstić information content (AvgIpc) is 2.87. The Bertz CT molecular complexity index is 464. The third kappa shape index (κ3) is 3.17. The highest BCUT2D eigenvalue weighted by atomic mass is 32.1. The smallest absolute Gasteiger partial charge is 0.328 e. The van der Waals surface area contributed by atoms with E-state index in [9.17, 15) is 9.59 Å². The number of carbonyl (C=O) groups is 2. The van der Waals surface area contributed by atoms with E-state index in [1.807, 2.05) is 17.0 Å². The fourth-order valence-electron chi connectivity index (χ4n) is 1.78. The summed E-state index contributed by atoms with van der Waals surface area (Å²) < 4.78 is 0. The molecule has 0 aromatic carbocycles. The van der Waals surface area contributed by atoms with E-state index in [1.165, 1.54) is 11.3 Å². The number of amides is 1. The molecule has 0 atom stereocenters. The van der Waals surface area contributed by atoms with Crippen LogP contribution in [-0.2, 0) is 16.1 Å². The summed E-state index contributed by atoms with van der Waals surface area (Å²) in [5, 5.41) is 8.51. The van der Waals surface area contributed by atoms with Crippen LogP contribution in [0.25, 0.3) is 6.08 Å². The molecule has 90 valence electrons. The topological polar surface area (TPSA) is 57.6 Å². The molecule has 1 saturated heterocycles. The van der Waals surface area contributed by atoms with Crippen molar-refractivity contribution in [2.24, 2.45) is 0 Å². The van der Waals surface area contributed by atoms with Gasteiger partial charge in [0.25, 0.3) is 0 Å². The van der Waals surface area contributed by atoms with Crippen molar-refractivity contribution in [1.82, 2.24) is 4.90 Å². The van der Waals surface area contributed by atoms with Crippen molar-refractivity contribution in [3.05, 3.63) is 28.0 Å². The Morgan fingerprint density at radius 2 is 2.35 bits per heavy atom. The zero-order valence-corrected chi connectivity index (χ0v) is 10.1. The zero-order chi connectivity index (χ0) is 12.3. The fraction of sp³-hybridized carbons (Fsp3) is 0.333. The molecule has 0 radical (unpaired) electrons. The number of aliphatic carboxylic acids is 1. The van der Waals surface area contributed by atoms with Crippen LogP contribution in [0, 0.1) is 0 Å². The monoisotopic (exact) mass is 251 g/mol. The minimum absolute atomic E-state index is 0.209. The number of carboxylic acids is 1. The lowest BCUT2D eigenvalue weighted by Crippen LogP contribution is -2.23. The summed E-state index contributed by atoms with van der Waals surface area (Å²) in [5.41, 5.74) is 0. The summed E-state index contributed by atoms with van der Waals surface area (Å²) >= 11 is 1.52. The molecule has 1 aliphatic rings. The van der Waals surface area contributed by atoms with Gasteiger partial charge in [0.2, 0.25) is 5.91 Å². The van der Waals surface area contributed by atoms with Crippen molar-refractivity contribution in [3.8, 4) is 0 Å². The summed E-state index contributed by atoms with van der Waals surface area (Å²) in [7, 11) is 0. The van der Waals surface area contributed by atoms with Crippen molar-refractivity contribution in [2.75, 3.05) is 6.54 Å². The highest BCUT2D eigenvalue weighted by Crippen LogP contribution is 2.22. The quantitative estimate of drug-likeness (QED) is 0.832. The Morgan fingerprint density at radius 3 is 3.00 bits per heavy atom. The minimum atomic E-state index is -0.949. The second-order valence-electron chi connectivity index (χ2n) is 3.89. The molecule has 1 aliphatic heterocycles. The molecule has 0 saturated carbocycles. The van der Waals surface area contributed by atoms with Crippen LogP contribution in [0.4, 0.5) is 0 Å². The van der Waals surface area contributed by atoms with Crippen molar-refractivity contribution < 1.29 is 14.7 Å². The van der Waals surface area contributed by atoms with Crippen LogP contribution in [0.1, 0.15) is 22.6 Å². The molecule has 1 fully saturated rings. The summed E-state index contributed by atoms with van der Waals surface area (Å²) in [6.45, 7) is 1.47. The normalized spacial score (nSPS) is 16.0. The Balaban J connectivity index is 1.98. The Labute approximate surface area is 103 Å². The molecule has 0 spiro atoms. The third-order valence-corrected chi connectivity index (χ3v) is 3.63. The van der Waals surface area contributed by atoms with Gasteiger partial charge in [-0.15, -0.1) is 11.3 Å². The average molecular weight is 251 g/mol. The van der Waals surface area contributed by atoms with Crippen LogP contribution in [-0.4, -0.2) is 28.4 Å². The van der Waals surface area contributed by atoms with Crippen molar-refractivity contribution in [1.29, 1.82) is 0 Å². The first-order chi connectivity index (χ1) is 8.15. The molecule has 0 aliphatic carbocycles. The predicted octanol–water partition coefficient (Wildman–Crippen LogP) is 1.97. The number of thiophene rings is 1. The lowest BCUT2D eigenvalue weighted by Gasteiger charge is -2.13. The molecule has 1 aromatic rings. The molecule has 2 rings (SSSR count). The van der Waals surface area contributed by atoms with E-state index >= 15 is 0 Å². The van der Waals surface area contributed by atoms with Crippen LogP contribution in [0.2, 0.25) is 0 Å². The molecule has 0 bridgehead atoms. The molecule has 2 heterocycles. The van der Waals surface area contributed by atoms with Crippen LogP contribution in [0.3, 0.4) is 0 Å². The van der Waals surface area contributed by atoms with Crippen LogP contribution in [0.5, 0.6) is 0 Å². The molecule has 4 nitrogen and oxygen atoms in total. The SMILES string of the molecule is O=C(O)C=Cc1ccc(CN2CCCC2=O)s1. The van der Waals surface area contributed by atoms with Gasteiger partial charge in [0.15, 0.2) is 0 Å². The molecule has 17 heavy (non-hydrogen) atoms. The number of nitrogens with zero attached hydrogens (tertiary/aromatic N) is 1. The third-order valence-electron chi connectivity index (χ3n) is 2.59. The van der Waals surface area contributed by atoms with Gasteiger partial charge in [0.1, 0.15) is 0 Å². The Hall–Kier alpha value is -1.62. The largest absolute Gasteiger partial charge is 0.478 e. The minimum Gasteiger partial charge on any atom is -0.478 e. The Morgan fingerprint density at radius 1 is 1.53 bits per heavy atom. The lowest BCUT2D eigenvalue weighted by molar-refractivity contribution is -0.131. The first-order valence-corrected chi connectivity index (χ1v) is 6.24. The molecule has 1 amide bonds. The van der Waals surface area contributed by atoms with Gasteiger partial charge in [0.05, 0.1) is 6.54 Å². The molecule has 0 unspecified atom stereocenters. The number of carboxylic acid groups (broad SMARTS) is 1. The number of rotatable bonds is 4. The maximum absolute atomic E-state index is 11.4. The van der Waals surface area contributed by atoms with Gasteiger partial charge in [-0.25, -0.2) is 4.79 Å². The number of carbonyl (C=O) groups excluding carboxylic acids is 1. The Kier molecular flexibility index (Phi) is 3.58. The van der Waals surface area contributed by atoms with Gasteiger partial charge >= 0.3 is 5.97 Å². The molecular formula is C12H13NO3S. The van der Waals surface area contributed by atoms with E-state index in [2.05, 4.69) is 0 Å². The first kappa shape index (κ1) is 11.9. The van der Waals surface area contributed by atoms with Gasteiger partial charge in [0, 0.05) is 28.8 Å².